The average molecular weight is 359 g/mol. The van der Waals surface area contributed by atoms with Crippen LogP contribution in [0.1, 0.15) is 42.3 Å². The molecule has 3 N–H and O–H groups in total. The monoisotopic (exact) mass is 359 g/mol. The van der Waals surface area contributed by atoms with Crippen molar-refractivity contribution in [3.05, 3.63) is 57.8 Å². The van der Waals surface area contributed by atoms with Crippen LogP contribution < -0.4 is 16.0 Å². The molecular weight excluding hydrogens is 334 g/mol. The molecule has 0 unspecified atom stereocenters. The Labute approximate surface area is 152 Å². The van der Waals surface area contributed by atoms with E-state index in [1.165, 1.54) is 5.56 Å². The molecule has 0 aliphatic rings. The lowest BCUT2D eigenvalue weighted by atomic mass is 10.0. The molecule has 0 radical (unpaired) electrons. The number of hydrogen-bond acceptors (Lipinski definition) is 4. The largest absolute Gasteiger partial charge is 0.338 e. The highest BCUT2D eigenvalue weighted by atomic mass is 32.1. The summed E-state index contributed by atoms with van der Waals surface area (Å²) >= 11 is 1.64. The molecule has 2 rings (SSSR count). The first kappa shape index (κ1) is 19.1. The van der Waals surface area contributed by atoms with E-state index >= 15 is 0 Å². The van der Waals surface area contributed by atoms with Gasteiger partial charge in [-0.3, -0.25) is 15.4 Å². The maximum Gasteiger partial charge on any atom is 0.321 e. The Bertz CT molecular complexity index is 668. The van der Waals surface area contributed by atoms with Gasteiger partial charge in [0.2, 0.25) is 5.91 Å². The molecule has 0 spiro atoms. The number of aryl methyl sites for hydroxylation is 1. The Morgan fingerprint density at radius 1 is 1.12 bits per heavy atom. The number of amides is 3. The quantitative estimate of drug-likeness (QED) is 0.678. The van der Waals surface area contributed by atoms with Crippen LogP contribution in [0.15, 0.2) is 41.8 Å². The van der Waals surface area contributed by atoms with Gasteiger partial charge in [-0.2, -0.15) is 0 Å². The smallest absolute Gasteiger partial charge is 0.321 e. The molecule has 3 amide bonds. The number of urea groups is 1. The third kappa shape index (κ3) is 5.99. The minimum absolute atomic E-state index is 0.0671. The topological polar surface area (TPSA) is 70.2 Å². The van der Waals surface area contributed by atoms with E-state index in [9.17, 15) is 9.59 Å². The van der Waals surface area contributed by atoms with Crippen LogP contribution in [0.4, 0.5) is 4.79 Å². The summed E-state index contributed by atoms with van der Waals surface area (Å²) < 4.78 is 0. The second kappa shape index (κ2) is 9.96. The van der Waals surface area contributed by atoms with E-state index in [4.69, 9.17) is 0 Å². The third-order valence-electron chi connectivity index (χ3n) is 3.80. The van der Waals surface area contributed by atoms with Crippen LogP contribution in [0.5, 0.6) is 0 Å². The molecule has 0 fully saturated rings. The lowest BCUT2D eigenvalue weighted by molar-refractivity contribution is -0.119. The van der Waals surface area contributed by atoms with Gasteiger partial charge in [0.25, 0.3) is 0 Å². The van der Waals surface area contributed by atoms with Crippen LogP contribution >= 0.6 is 11.3 Å². The molecule has 1 heterocycles. The molecule has 5 nitrogen and oxygen atoms in total. The zero-order valence-electron chi connectivity index (χ0n) is 14.7. The van der Waals surface area contributed by atoms with Crippen molar-refractivity contribution in [2.75, 3.05) is 13.1 Å². The molecule has 25 heavy (non-hydrogen) atoms. The van der Waals surface area contributed by atoms with Gasteiger partial charge in [0, 0.05) is 11.4 Å². The number of hydrogen-bond donors (Lipinski definition) is 3. The summed E-state index contributed by atoms with van der Waals surface area (Å²) in [4.78, 5) is 24.7. The Morgan fingerprint density at radius 3 is 2.48 bits per heavy atom. The van der Waals surface area contributed by atoms with E-state index in [0.29, 0.717) is 6.54 Å². The maximum absolute atomic E-state index is 12.0. The Hall–Kier alpha value is -2.18. The van der Waals surface area contributed by atoms with Gasteiger partial charge in [0.05, 0.1) is 12.6 Å². The molecular formula is C19H25N3O2S. The summed E-state index contributed by atoms with van der Waals surface area (Å²) in [6.07, 6.45) is 1.82. The SMILES string of the molecule is CCCNC(=O)NC(=O)CN[C@@H](c1ccc(CC)cc1)c1cccs1. The standard InChI is InChI=1S/C19H25N3O2S/c1-3-11-20-19(24)22-17(23)13-21-18(16-6-5-12-25-16)15-9-7-14(4-2)8-10-15/h5-10,12,18,21H,3-4,11,13H2,1-2H3,(H2,20,22,23,24)/t18-/m0/s1. The minimum Gasteiger partial charge on any atom is -0.338 e. The zero-order chi connectivity index (χ0) is 18.1. The lowest BCUT2D eigenvalue weighted by Crippen LogP contribution is -2.44. The van der Waals surface area contributed by atoms with Gasteiger partial charge in [-0.1, -0.05) is 44.2 Å². The molecule has 2 aromatic rings. The molecule has 1 aromatic carbocycles. The molecule has 0 saturated carbocycles. The van der Waals surface area contributed by atoms with Gasteiger partial charge in [-0.25, -0.2) is 4.79 Å². The summed E-state index contributed by atoms with van der Waals surface area (Å²) in [5.41, 5.74) is 2.38. The number of imide groups is 1. The second-order valence-corrected chi connectivity index (χ2v) is 6.71. The van der Waals surface area contributed by atoms with Crippen LogP contribution in [0.3, 0.4) is 0 Å². The summed E-state index contributed by atoms with van der Waals surface area (Å²) in [5.74, 6) is -0.347. The molecule has 0 bridgehead atoms. The second-order valence-electron chi connectivity index (χ2n) is 5.73. The highest BCUT2D eigenvalue weighted by Gasteiger charge is 2.17. The summed E-state index contributed by atoms with van der Waals surface area (Å²) in [5, 5.41) is 10.2. The Balaban J connectivity index is 2.00. The number of benzene rings is 1. The highest BCUT2D eigenvalue weighted by Crippen LogP contribution is 2.26. The first-order valence-corrected chi connectivity index (χ1v) is 9.45. The van der Waals surface area contributed by atoms with Crippen LogP contribution in [0.2, 0.25) is 0 Å². The molecule has 6 heteroatoms. The molecule has 0 aliphatic heterocycles. The van der Waals surface area contributed by atoms with Crippen molar-refractivity contribution in [1.82, 2.24) is 16.0 Å². The number of nitrogens with one attached hydrogen (secondary N) is 3. The van der Waals surface area contributed by atoms with Gasteiger partial charge < -0.3 is 5.32 Å². The van der Waals surface area contributed by atoms with Crippen molar-refractivity contribution < 1.29 is 9.59 Å². The molecule has 0 saturated heterocycles. The fourth-order valence-electron chi connectivity index (χ4n) is 2.43. The summed E-state index contributed by atoms with van der Waals surface area (Å²) in [7, 11) is 0. The molecule has 1 aromatic heterocycles. The van der Waals surface area contributed by atoms with Gasteiger partial charge in [-0.05, 0) is 35.4 Å². The average Bonchev–Trinajstić information content (AvgIpc) is 3.15. The van der Waals surface area contributed by atoms with E-state index in [2.05, 4.69) is 47.1 Å². The molecule has 0 aliphatic carbocycles. The Kier molecular flexibility index (Phi) is 7.63. The molecule has 1 atom stereocenters. The van der Waals surface area contributed by atoms with Crippen molar-refractivity contribution in [1.29, 1.82) is 0 Å². The van der Waals surface area contributed by atoms with Gasteiger partial charge in [-0.15, -0.1) is 11.3 Å². The van der Waals surface area contributed by atoms with E-state index in [1.54, 1.807) is 11.3 Å². The van der Waals surface area contributed by atoms with Crippen molar-refractivity contribution in [2.45, 2.75) is 32.7 Å². The summed E-state index contributed by atoms with van der Waals surface area (Å²) in [6, 6.07) is 11.9. The fourth-order valence-corrected chi connectivity index (χ4v) is 3.26. The van der Waals surface area contributed by atoms with Crippen molar-refractivity contribution >= 4 is 23.3 Å². The highest BCUT2D eigenvalue weighted by molar-refractivity contribution is 7.10. The first-order valence-electron chi connectivity index (χ1n) is 8.57. The number of carbonyl (C=O) groups excluding carboxylic acids is 2. The predicted molar refractivity (Wildman–Crippen MR) is 102 cm³/mol. The third-order valence-corrected chi connectivity index (χ3v) is 4.74. The van der Waals surface area contributed by atoms with Crippen molar-refractivity contribution in [3.8, 4) is 0 Å². The predicted octanol–water partition coefficient (Wildman–Crippen LogP) is 3.23. The van der Waals surface area contributed by atoms with E-state index in [1.807, 2.05) is 24.4 Å². The zero-order valence-corrected chi connectivity index (χ0v) is 15.5. The number of rotatable bonds is 8. The van der Waals surface area contributed by atoms with Crippen LogP contribution in [-0.4, -0.2) is 25.0 Å². The van der Waals surface area contributed by atoms with Crippen LogP contribution in [-0.2, 0) is 11.2 Å². The fraction of sp³-hybridized carbons (Fsp3) is 0.368. The van der Waals surface area contributed by atoms with Gasteiger partial charge in [0.15, 0.2) is 0 Å². The van der Waals surface area contributed by atoms with Gasteiger partial charge >= 0.3 is 6.03 Å². The maximum atomic E-state index is 12.0. The van der Waals surface area contributed by atoms with Crippen LogP contribution in [0, 0.1) is 0 Å². The number of carbonyl (C=O) groups is 2. The van der Waals surface area contributed by atoms with Crippen molar-refractivity contribution in [2.24, 2.45) is 0 Å². The van der Waals surface area contributed by atoms with Crippen LogP contribution in [0.25, 0.3) is 0 Å². The summed E-state index contributed by atoms with van der Waals surface area (Å²) in [6.45, 7) is 4.70. The van der Waals surface area contributed by atoms with E-state index < -0.39 is 6.03 Å². The normalized spacial score (nSPS) is 11.8. The Morgan fingerprint density at radius 2 is 1.88 bits per heavy atom. The molecule has 134 valence electrons. The first-order chi connectivity index (χ1) is 12.1. The minimum atomic E-state index is -0.450. The van der Waals surface area contributed by atoms with E-state index in [-0.39, 0.29) is 18.5 Å². The van der Waals surface area contributed by atoms with Gasteiger partial charge in [0.1, 0.15) is 0 Å². The number of thiophene rings is 1. The lowest BCUT2D eigenvalue weighted by Gasteiger charge is -2.18. The van der Waals surface area contributed by atoms with E-state index in [0.717, 1.165) is 23.3 Å². The van der Waals surface area contributed by atoms with Crippen molar-refractivity contribution in [3.63, 3.8) is 0 Å².